The van der Waals surface area contributed by atoms with Crippen LogP contribution in [0.1, 0.15) is 11.4 Å². The third kappa shape index (κ3) is 3.32. The summed E-state index contributed by atoms with van der Waals surface area (Å²) in [6, 6.07) is 11.2. The molecule has 0 unspecified atom stereocenters. The first-order valence-corrected chi connectivity index (χ1v) is 8.00. The van der Waals surface area contributed by atoms with Gasteiger partial charge in [-0.25, -0.2) is 9.89 Å². The first kappa shape index (κ1) is 16.6. The second-order valence-electron chi connectivity index (χ2n) is 5.40. The summed E-state index contributed by atoms with van der Waals surface area (Å²) >= 11 is 12.4. The summed E-state index contributed by atoms with van der Waals surface area (Å²) in [7, 11) is 1.63. The summed E-state index contributed by atoms with van der Waals surface area (Å²) in [4.78, 5) is 11.4. The van der Waals surface area contributed by atoms with Gasteiger partial charge in [0, 0.05) is 22.7 Å². The van der Waals surface area contributed by atoms with Crippen molar-refractivity contribution in [3.63, 3.8) is 0 Å². The molecule has 1 N–H and O–H groups in total. The molecule has 3 rings (SSSR count). The Labute approximate surface area is 148 Å². The van der Waals surface area contributed by atoms with Crippen LogP contribution in [0.3, 0.4) is 0 Å². The summed E-state index contributed by atoms with van der Waals surface area (Å²) in [5.41, 5.74) is 2.34. The maximum absolute atomic E-state index is 11.4. The molecule has 0 radical (unpaired) electrons. The maximum Gasteiger partial charge on any atom is 0.343 e. The van der Waals surface area contributed by atoms with Crippen molar-refractivity contribution < 1.29 is 4.74 Å². The van der Waals surface area contributed by atoms with Crippen LogP contribution in [0.5, 0.6) is 5.75 Å². The van der Waals surface area contributed by atoms with Crippen molar-refractivity contribution in [3.05, 3.63) is 68.3 Å². The Morgan fingerprint density at radius 1 is 1.25 bits per heavy atom. The van der Waals surface area contributed by atoms with E-state index in [0.717, 1.165) is 16.7 Å². The van der Waals surface area contributed by atoms with Crippen molar-refractivity contribution in [1.82, 2.24) is 14.8 Å². The zero-order chi connectivity index (χ0) is 17.3. The highest BCUT2D eigenvalue weighted by Gasteiger charge is 2.12. The van der Waals surface area contributed by atoms with Crippen molar-refractivity contribution in [2.24, 2.45) is 7.05 Å². The van der Waals surface area contributed by atoms with E-state index in [2.05, 4.69) is 10.2 Å². The van der Waals surface area contributed by atoms with Crippen LogP contribution in [-0.2, 0) is 13.7 Å². The molecule has 0 bridgehead atoms. The monoisotopic (exact) mass is 363 g/mol. The molecule has 0 atom stereocenters. The first-order valence-electron chi connectivity index (χ1n) is 7.25. The molecule has 0 spiro atoms. The zero-order valence-corrected chi connectivity index (χ0v) is 14.6. The average molecular weight is 364 g/mol. The molecule has 24 heavy (non-hydrogen) atoms. The van der Waals surface area contributed by atoms with Crippen molar-refractivity contribution in [2.75, 3.05) is 0 Å². The van der Waals surface area contributed by atoms with E-state index in [4.69, 9.17) is 27.9 Å². The third-order valence-corrected chi connectivity index (χ3v) is 4.37. The van der Waals surface area contributed by atoms with Crippen LogP contribution in [0.15, 0.2) is 41.2 Å². The fourth-order valence-electron chi connectivity index (χ4n) is 2.31. The minimum Gasteiger partial charge on any atom is -0.485 e. The highest BCUT2D eigenvalue weighted by Crippen LogP contribution is 2.36. The maximum atomic E-state index is 11.4. The molecule has 0 fully saturated rings. The van der Waals surface area contributed by atoms with Gasteiger partial charge >= 0.3 is 5.69 Å². The smallest absolute Gasteiger partial charge is 0.343 e. The summed E-state index contributed by atoms with van der Waals surface area (Å²) in [6.45, 7) is 2.06. The molecule has 0 saturated carbocycles. The van der Waals surface area contributed by atoms with Crippen molar-refractivity contribution in [2.45, 2.75) is 13.5 Å². The predicted octanol–water partition coefficient (Wildman–Crippen LogP) is 3.97. The number of rotatable bonds is 4. The normalized spacial score (nSPS) is 10.8. The number of halogens is 2. The second-order valence-corrected chi connectivity index (χ2v) is 6.24. The van der Waals surface area contributed by atoms with E-state index in [0.29, 0.717) is 21.6 Å². The topological polar surface area (TPSA) is 59.9 Å². The molecule has 5 nitrogen and oxygen atoms in total. The Morgan fingerprint density at radius 2 is 2.04 bits per heavy atom. The zero-order valence-electron chi connectivity index (χ0n) is 13.1. The lowest BCUT2D eigenvalue weighted by Gasteiger charge is -2.14. The van der Waals surface area contributed by atoms with Gasteiger partial charge in [0.25, 0.3) is 0 Å². The van der Waals surface area contributed by atoms with Gasteiger partial charge in [0.2, 0.25) is 0 Å². The van der Waals surface area contributed by atoms with E-state index in [1.165, 1.54) is 4.57 Å². The molecule has 1 aromatic heterocycles. The molecule has 0 amide bonds. The average Bonchev–Trinajstić information content (AvgIpc) is 2.87. The lowest BCUT2D eigenvalue weighted by Crippen LogP contribution is -2.15. The lowest BCUT2D eigenvalue weighted by atomic mass is 10.0. The fourth-order valence-corrected chi connectivity index (χ4v) is 2.66. The van der Waals surface area contributed by atoms with Gasteiger partial charge in [0.1, 0.15) is 12.4 Å². The number of aryl methyl sites for hydroxylation is 1. The SMILES string of the molecule is Cc1cc(OCc2n[nH]c(=O)n2C)c(-c2cccc(Cl)c2)cc1Cl. The van der Waals surface area contributed by atoms with Gasteiger partial charge in [-0.1, -0.05) is 35.3 Å². The number of H-pyrrole nitrogens is 1. The molecule has 124 valence electrons. The lowest BCUT2D eigenvalue weighted by molar-refractivity contribution is 0.292. The van der Waals surface area contributed by atoms with Crippen LogP contribution < -0.4 is 10.4 Å². The largest absolute Gasteiger partial charge is 0.485 e. The van der Waals surface area contributed by atoms with E-state index >= 15 is 0 Å². The van der Waals surface area contributed by atoms with Crippen LogP contribution in [0.4, 0.5) is 0 Å². The number of hydrogen-bond acceptors (Lipinski definition) is 3. The molecule has 0 saturated heterocycles. The van der Waals surface area contributed by atoms with E-state index in [1.54, 1.807) is 13.1 Å². The van der Waals surface area contributed by atoms with Crippen molar-refractivity contribution in [1.29, 1.82) is 0 Å². The summed E-state index contributed by atoms with van der Waals surface area (Å²) < 4.78 is 7.31. The highest BCUT2D eigenvalue weighted by molar-refractivity contribution is 6.32. The van der Waals surface area contributed by atoms with Crippen molar-refractivity contribution in [3.8, 4) is 16.9 Å². The van der Waals surface area contributed by atoms with Crippen LogP contribution in [0.25, 0.3) is 11.1 Å². The number of benzene rings is 2. The molecule has 2 aromatic carbocycles. The minimum absolute atomic E-state index is 0.157. The molecule has 3 aromatic rings. The quantitative estimate of drug-likeness (QED) is 0.762. The Bertz CT molecular complexity index is 947. The van der Waals surface area contributed by atoms with Crippen LogP contribution >= 0.6 is 23.2 Å². The number of nitrogens with one attached hydrogen (secondary N) is 1. The van der Waals surface area contributed by atoms with E-state index in [1.807, 2.05) is 37.3 Å². The summed E-state index contributed by atoms with van der Waals surface area (Å²) in [5, 5.41) is 7.60. The molecule has 0 aliphatic carbocycles. The standard InChI is InChI=1S/C17H15Cl2N3O2/c1-10-6-15(24-9-16-20-21-17(23)22(16)2)13(8-14(10)19)11-4-3-5-12(18)7-11/h3-8H,9H2,1-2H3,(H,21,23). The van der Waals surface area contributed by atoms with Gasteiger partial charge in [-0.05, 0) is 42.3 Å². The minimum atomic E-state index is -0.282. The van der Waals surface area contributed by atoms with Crippen molar-refractivity contribution >= 4 is 23.2 Å². The first-order chi connectivity index (χ1) is 11.5. The van der Waals surface area contributed by atoms with Crippen LogP contribution in [-0.4, -0.2) is 14.8 Å². The van der Waals surface area contributed by atoms with Gasteiger partial charge in [-0.2, -0.15) is 5.10 Å². The van der Waals surface area contributed by atoms with Crippen LogP contribution in [0.2, 0.25) is 10.0 Å². The third-order valence-electron chi connectivity index (χ3n) is 3.73. The number of aromatic amines is 1. The van der Waals surface area contributed by atoms with E-state index < -0.39 is 0 Å². The molecular weight excluding hydrogens is 349 g/mol. The highest BCUT2D eigenvalue weighted by atomic mass is 35.5. The van der Waals surface area contributed by atoms with E-state index in [-0.39, 0.29) is 12.3 Å². The molecule has 0 aliphatic rings. The number of nitrogens with zero attached hydrogens (tertiary/aromatic N) is 2. The number of ether oxygens (including phenoxy) is 1. The molecular formula is C17H15Cl2N3O2. The predicted molar refractivity (Wildman–Crippen MR) is 94.8 cm³/mol. The van der Waals surface area contributed by atoms with Gasteiger partial charge < -0.3 is 4.74 Å². The molecule has 7 heteroatoms. The number of hydrogen-bond donors (Lipinski definition) is 1. The molecule has 1 heterocycles. The van der Waals surface area contributed by atoms with Gasteiger partial charge in [-0.15, -0.1) is 0 Å². The van der Waals surface area contributed by atoms with Gasteiger partial charge in [0.15, 0.2) is 5.82 Å². The number of aromatic nitrogens is 3. The van der Waals surface area contributed by atoms with Crippen LogP contribution in [0, 0.1) is 6.92 Å². The summed E-state index contributed by atoms with van der Waals surface area (Å²) in [5.74, 6) is 1.15. The Morgan fingerprint density at radius 3 is 2.71 bits per heavy atom. The Hall–Kier alpha value is -2.24. The van der Waals surface area contributed by atoms with Gasteiger partial charge in [0.05, 0.1) is 0 Å². The fraction of sp³-hybridized carbons (Fsp3) is 0.176. The van der Waals surface area contributed by atoms with E-state index in [9.17, 15) is 4.79 Å². The summed E-state index contributed by atoms with van der Waals surface area (Å²) in [6.07, 6.45) is 0. The second kappa shape index (κ2) is 6.71. The molecule has 0 aliphatic heterocycles. The Kier molecular flexibility index (Phi) is 4.64. The van der Waals surface area contributed by atoms with Gasteiger partial charge in [-0.3, -0.25) is 4.57 Å². The Balaban J connectivity index is 1.98.